The van der Waals surface area contributed by atoms with Gasteiger partial charge in [0.1, 0.15) is 0 Å². The molecule has 6 nitrogen and oxygen atoms in total. The number of nitrogens with zero attached hydrogens (tertiary/aromatic N) is 1. The standard InChI is InChI=1S/C10H15N3O3/c1-2-5-11-8(14)3-6-13-7-4-9(15)12-10(13)16/h4,7H,2-3,5-6H2,1H3,(H,11,14)(H,12,15,16). The molecule has 1 rings (SSSR count). The Labute approximate surface area is 92.3 Å². The summed E-state index contributed by atoms with van der Waals surface area (Å²) < 4.78 is 1.30. The molecule has 1 amide bonds. The highest BCUT2D eigenvalue weighted by Crippen LogP contribution is 1.85. The van der Waals surface area contributed by atoms with Crippen LogP contribution in [0.3, 0.4) is 0 Å². The Balaban J connectivity index is 2.52. The lowest BCUT2D eigenvalue weighted by Gasteiger charge is -2.05. The first-order valence-electron chi connectivity index (χ1n) is 5.20. The molecule has 0 radical (unpaired) electrons. The van der Waals surface area contributed by atoms with Crippen molar-refractivity contribution in [2.75, 3.05) is 6.54 Å². The molecular weight excluding hydrogens is 210 g/mol. The summed E-state index contributed by atoms with van der Waals surface area (Å²) in [5.41, 5.74) is -0.924. The van der Waals surface area contributed by atoms with E-state index in [4.69, 9.17) is 0 Å². The van der Waals surface area contributed by atoms with Gasteiger partial charge in [0.25, 0.3) is 5.56 Å². The van der Waals surface area contributed by atoms with Gasteiger partial charge >= 0.3 is 5.69 Å². The van der Waals surface area contributed by atoms with Gasteiger partial charge in [-0.25, -0.2) is 4.79 Å². The van der Waals surface area contributed by atoms with Gasteiger partial charge in [-0.1, -0.05) is 6.92 Å². The summed E-state index contributed by atoms with van der Waals surface area (Å²) in [6.45, 7) is 2.87. The van der Waals surface area contributed by atoms with Crippen LogP contribution in [0.15, 0.2) is 21.9 Å². The number of amides is 1. The topological polar surface area (TPSA) is 84.0 Å². The maximum absolute atomic E-state index is 11.3. The van der Waals surface area contributed by atoms with E-state index in [-0.39, 0.29) is 18.9 Å². The highest BCUT2D eigenvalue weighted by Gasteiger charge is 2.02. The lowest BCUT2D eigenvalue weighted by atomic mass is 10.3. The lowest BCUT2D eigenvalue weighted by molar-refractivity contribution is -0.121. The third kappa shape index (κ3) is 3.72. The molecule has 0 saturated carbocycles. The van der Waals surface area contributed by atoms with Crippen LogP contribution in [0.4, 0.5) is 0 Å². The molecule has 1 aromatic rings. The van der Waals surface area contributed by atoms with E-state index in [1.807, 2.05) is 6.92 Å². The fraction of sp³-hybridized carbons (Fsp3) is 0.500. The summed E-state index contributed by atoms with van der Waals surface area (Å²) >= 11 is 0. The van der Waals surface area contributed by atoms with Crippen LogP contribution in [-0.2, 0) is 11.3 Å². The van der Waals surface area contributed by atoms with E-state index < -0.39 is 11.2 Å². The van der Waals surface area contributed by atoms with E-state index >= 15 is 0 Å². The summed E-state index contributed by atoms with van der Waals surface area (Å²) in [4.78, 5) is 35.4. The van der Waals surface area contributed by atoms with Gasteiger partial charge in [-0.05, 0) is 6.42 Å². The van der Waals surface area contributed by atoms with Crippen molar-refractivity contribution in [3.05, 3.63) is 33.1 Å². The summed E-state index contributed by atoms with van der Waals surface area (Å²) in [6, 6.07) is 1.26. The molecule has 6 heteroatoms. The number of nitrogens with one attached hydrogen (secondary N) is 2. The predicted octanol–water partition coefficient (Wildman–Crippen LogP) is -0.547. The molecule has 1 aromatic heterocycles. The van der Waals surface area contributed by atoms with E-state index in [0.29, 0.717) is 6.54 Å². The minimum absolute atomic E-state index is 0.0973. The Morgan fingerprint density at radius 1 is 1.50 bits per heavy atom. The Morgan fingerprint density at radius 2 is 2.25 bits per heavy atom. The van der Waals surface area contributed by atoms with Crippen molar-refractivity contribution in [3.63, 3.8) is 0 Å². The average Bonchev–Trinajstić information content (AvgIpc) is 2.25. The first-order valence-corrected chi connectivity index (χ1v) is 5.20. The molecule has 0 aliphatic rings. The van der Waals surface area contributed by atoms with Crippen LogP contribution < -0.4 is 16.6 Å². The Hall–Kier alpha value is -1.85. The van der Waals surface area contributed by atoms with Gasteiger partial charge in [0, 0.05) is 31.8 Å². The largest absolute Gasteiger partial charge is 0.356 e. The van der Waals surface area contributed by atoms with Crippen molar-refractivity contribution in [1.29, 1.82) is 0 Å². The van der Waals surface area contributed by atoms with Crippen LogP contribution in [0.2, 0.25) is 0 Å². The van der Waals surface area contributed by atoms with E-state index in [9.17, 15) is 14.4 Å². The summed E-state index contributed by atoms with van der Waals surface area (Å²) in [5, 5.41) is 2.71. The molecule has 16 heavy (non-hydrogen) atoms. The number of aryl methyl sites for hydroxylation is 1. The zero-order valence-electron chi connectivity index (χ0n) is 9.16. The van der Waals surface area contributed by atoms with Crippen LogP contribution in [-0.4, -0.2) is 22.0 Å². The number of rotatable bonds is 5. The molecule has 0 fully saturated rings. The third-order valence-electron chi connectivity index (χ3n) is 2.05. The molecule has 0 saturated heterocycles. The van der Waals surface area contributed by atoms with Crippen LogP contribution in [0.25, 0.3) is 0 Å². The van der Waals surface area contributed by atoms with Gasteiger partial charge in [0.2, 0.25) is 5.91 Å². The van der Waals surface area contributed by atoms with E-state index in [1.54, 1.807) is 0 Å². The third-order valence-corrected chi connectivity index (χ3v) is 2.05. The molecular formula is C10H15N3O3. The van der Waals surface area contributed by atoms with Crippen molar-refractivity contribution >= 4 is 5.91 Å². The monoisotopic (exact) mass is 225 g/mol. The maximum atomic E-state index is 11.3. The van der Waals surface area contributed by atoms with Crippen molar-refractivity contribution in [1.82, 2.24) is 14.9 Å². The Kier molecular flexibility index (Phi) is 4.50. The number of aromatic nitrogens is 2. The molecule has 0 aromatic carbocycles. The van der Waals surface area contributed by atoms with Gasteiger partial charge in [0.05, 0.1) is 0 Å². The van der Waals surface area contributed by atoms with Gasteiger partial charge in [-0.2, -0.15) is 0 Å². The fourth-order valence-electron chi connectivity index (χ4n) is 1.20. The number of hydrogen-bond donors (Lipinski definition) is 2. The summed E-state index contributed by atoms with van der Waals surface area (Å²) in [7, 11) is 0. The van der Waals surface area contributed by atoms with Crippen LogP contribution in [0.1, 0.15) is 19.8 Å². The normalized spacial score (nSPS) is 10.1. The SMILES string of the molecule is CCCNC(=O)CCn1ccc(=O)[nH]c1=O. The number of aromatic amines is 1. The molecule has 0 unspecified atom stereocenters. The zero-order valence-corrected chi connectivity index (χ0v) is 9.16. The van der Waals surface area contributed by atoms with Gasteiger partial charge in [-0.3, -0.25) is 14.6 Å². The van der Waals surface area contributed by atoms with Gasteiger partial charge < -0.3 is 9.88 Å². The number of H-pyrrole nitrogens is 1. The van der Waals surface area contributed by atoms with Crippen LogP contribution in [0.5, 0.6) is 0 Å². The lowest BCUT2D eigenvalue weighted by Crippen LogP contribution is -2.31. The minimum atomic E-state index is -0.490. The molecule has 88 valence electrons. The van der Waals surface area contributed by atoms with Gasteiger partial charge in [0.15, 0.2) is 0 Å². The minimum Gasteiger partial charge on any atom is -0.356 e. The average molecular weight is 225 g/mol. The molecule has 0 spiro atoms. The number of hydrogen-bond acceptors (Lipinski definition) is 3. The first-order chi connectivity index (χ1) is 7.63. The fourth-order valence-corrected chi connectivity index (χ4v) is 1.20. The highest BCUT2D eigenvalue weighted by molar-refractivity contribution is 5.75. The first kappa shape index (κ1) is 12.2. The van der Waals surface area contributed by atoms with Crippen molar-refractivity contribution < 1.29 is 4.79 Å². The second-order valence-corrected chi connectivity index (χ2v) is 3.40. The van der Waals surface area contributed by atoms with E-state index in [2.05, 4.69) is 10.3 Å². The molecule has 0 atom stereocenters. The Morgan fingerprint density at radius 3 is 2.88 bits per heavy atom. The maximum Gasteiger partial charge on any atom is 0.328 e. The molecule has 0 aliphatic carbocycles. The second-order valence-electron chi connectivity index (χ2n) is 3.40. The second kappa shape index (κ2) is 5.89. The number of carbonyl (C=O) groups is 1. The molecule has 0 bridgehead atoms. The van der Waals surface area contributed by atoms with Crippen LogP contribution >= 0.6 is 0 Å². The zero-order chi connectivity index (χ0) is 12.0. The summed E-state index contributed by atoms with van der Waals surface area (Å²) in [6.07, 6.45) is 2.49. The molecule has 1 heterocycles. The van der Waals surface area contributed by atoms with Gasteiger partial charge in [-0.15, -0.1) is 0 Å². The van der Waals surface area contributed by atoms with Crippen molar-refractivity contribution in [3.8, 4) is 0 Å². The molecule has 2 N–H and O–H groups in total. The quantitative estimate of drug-likeness (QED) is 0.705. The molecule has 0 aliphatic heterocycles. The highest BCUT2D eigenvalue weighted by atomic mass is 16.2. The Bertz CT molecular complexity index is 461. The predicted molar refractivity (Wildman–Crippen MR) is 59.2 cm³/mol. The van der Waals surface area contributed by atoms with Crippen LogP contribution in [0, 0.1) is 0 Å². The summed E-state index contributed by atoms with van der Waals surface area (Å²) in [5.74, 6) is -0.0973. The van der Waals surface area contributed by atoms with E-state index in [1.165, 1.54) is 16.8 Å². The van der Waals surface area contributed by atoms with Crippen molar-refractivity contribution in [2.45, 2.75) is 26.3 Å². The number of carbonyl (C=O) groups excluding carboxylic acids is 1. The van der Waals surface area contributed by atoms with E-state index in [0.717, 1.165) is 6.42 Å². The smallest absolute Gasteiger partial charge is 0.328 e. The van der Waals surface area contributed by atoms with Crippen molar-refractivity contribution in [2.24, 2.45) is 0 Å².